The predicted octanol–water partition coefficient (Wildman–Crippen LogP) is 4.15. The standard InChI is InChI=1S/C17H23N5O2/c1-4-13-5-7-14(8-6-13)21-17-15(22(23)24)16(19-11-20-17)18-10-9-12(2)3/h5-8,11-12H,4,9-10H2,1-3H3,(H2,18,19,20,21). The van der Waals surface area contributed by atoms with Gasteiger partial charge < -0.3 is 10.6 Å². The Morgan fingerprint density at radius 2 is 1.83 bits per heavy atom. The van der Waals surface area contributed by atoms with Crippen LogP contribution in [0, 0.1) is 16.0 Å². The number of benzene rings is 1. The van der Waals surface area contributed by atoms with Crippen LogP contribution in [0.4, 0.5) is 23.0 Å². The molecule has 0 atom stereocenters. The molecule has 1 aromatic heterocycles. The van der Waals surface area contributed by atoms with Gasteiger partial charge in [-0.3, -0.25) is 10.1 Å². The van der Waals surface area contributed by atoms with Crippen LogP contribution in [0.3, 0.4) is 0 Å². The summed E-state index contributed by atoms with van der Waals surface area (Å²) in [5, 5.41) is 17.5. The van der Waals surface area contributed by atoms with E-state index in [9.17, 15) is 10.1 Å². The fourth-order valence-corrected chi connectivity index (χ4v) is 2.21. The zero-order valence-corrected chi connectivity index (χ0v) is 14.2. The maximum absolute atomic E-state index is 11.5. The van der Waals surface area contributed by atoms with Gasteiger partial charge in [0.25, 0.3) is 0 Å². The second kappa shape index (κ2) is 8.24. The summed E-state index contributed by atoms with van der Waals surface area (Å²) in [4.78, 5) is 19.1. The molecule has 0 saturated heterocycles. The van der Waals surface area contributed by atoms with Crippen LogP contribution >= 0.6 is 0 Å². The molecular weight excluding hydrogens is 306 g/mol. The number of aromatic nitrogens is 2. The largest absolute Gasteiger partial charge is 0.364 e. The predicted molar refractivity (Wildman–Crippen MR) is 95.7 cm³/mol. The highest BCUT2D eigenvalue weighted by Crippen LogP contribution is 2.31. The maximum Gasteiger partial charge on any atom is 0.353 e. The van der Waals surface area contributed by atoms with Crippen molar-refractivity contribution in [2.45, 2.75) is 33.6 Å². The molecule has 2 rings (SSSR count). The van der Waals surface area contributed by atoms with Crippen molar-refractivity contribution in [3.8, 4) is 0 Å². The monoisotopic (exact) mass is 329 g/mol. The molecule has 1 aromatic carbocycles. The molecule has 0 bridgehead atoms. The van der Waals surface area contributed by atoms with Crippen LogP contribution in [0.1, 0.15) is 32.8 Å². The number of hydrogen-bond donors (Lipinski definition) is 2. The van der Waals surface area contributed by atoms with Crippen molar-refractivity contribution < 1.29 is 4.92 Å². The molecule has 0 saturated carbocycles. The fourth-order valence-electron chi connectivity index (χ4n) is 2.21. The van der Waals surface area contributed by atoms with Gasteiger partial charge in [-0.1, -0.05) is 32.9 Å². The van der Waals surface area contributed by atoms with E-state index in [-0.39, 0.29) is 17.3 Å². The molecule has 0 unspecified atom stereocenters. The molecule has 0 aliphatic rings. The summed E-state index contributed by atoms with van der Waals surface area (Å²) in [7, 11) is 0. The number of hydrogen-bond acceptors (Lipinski definition) is 6. The van der Waals surface area contributed by atoms with Gasteiger partial charge in [-0.25, -0.2) is 9.97 Å². The number of rotatable bonds is 8. The van der Waals surface area contributed by atoms with Gasteiger partial charge in [-0.05, 0) is 36.5 Å². The molecular formula is C17H23N5O2. The first-order valence-electron chi connectivity index (χ1n) is 8.10. The minimum Gasteiger partial charge on any atom is -0.364 e. The maximum atomic E-state index is 11.5. The number of nitrogens with zero attached hydrogens (tertiary/aromatic N) is 3. The van der Waals surface area contributed by atoms with Crippen LogP contribution in [-0.4, -0.2) is 21.4 Å². The molecule has 2 N–H and O–H groups in total. The third-order valence-corrected chi connectivity index (χ3v) is 3.64. The third kappa shape index (κ3) is 4.65. The van der Waals surface area contributed by atoms with Crippen molar-refractivity contribution >= 4 is 23.0 Å². The van der Waals surface area contributed by atoms with E-state index in [4.69, 9.17) is 0 Å². The molecule has 0 spiro atoms. The highest BCUT2D eigenvalue weighted by Gasteiger charge is 2.22. The number of anilines is 3. The van der Waals surface area contributed by atoms with Crippen LogP contribution in [0.5, 0.6) is 0 Å². The second-order valence-corrected chi connectivity index (χ2v) is 5.96. The van der Waals surface area contributed by atoms with Crippen molar-refractivity contribution in [2.24, 2.45) is 5.92 Å². The topological polar surface area (TPSA) is 93.0 Å². The average molecular weight is 329 g/mol. The lowest BCUT2D eigenvalue weighted by molar-refractivity contribution is -0.383. The first-order valence-corrected chi connectivity index (χ1v) is 8.10. The molecule has 7 heteroatoms. The summed E-state index contributed by atoms with van der Waals surface area (Å²) >= 11 is 0. The van der Waals surface area contributed by atoms with Gasteiger partial charge in [0.2, 0.25) is 11.6 Å². The van der Waals surface area contributed by atoms with Crippen molar-refractivity contribution in [3.05, 3.63) is 46.3 Å². The average Bonchev–Trinajstić information content (AvgIpc) is 2.55. The van der Waals surface area contributed by atoms with E-state index in [0.29, 0.717) is 12.5 Å². The Morgan fingerprint density at radius 1 is 1.17 bits per heavy atom. The molecule has 24 heavy (non-hydrogen) atoms. The molecule has 2 aromatic rings. The number of nitrogens with one attached hydrogen (secondary N) is 2. The van der Waals surface area contributed by atoms with Crippen LogP contribution in [0.15, 0.2) is 30.6 Å². The van der Waals surface area contributed by atoms with Crippen molar-refractivity contribution in [1.29, 1.82) is 0 Å². The molecule has 0 aliphatic carbocycles. The van der Waals surface area contributed by atoms with Crippen molar-refractivity contribution in [1.82, 2.24) is 9.97 Å². The van der Waals surface area contributed by atoms with E-state index >= 15 is 0 Å². The van der Waals surface area contributed by atoms with Gasteiger partial charge >= 0.3 is 5.69 Å². The lowest BCUT2D eigenvalue weighted by atomic mass is 10.1. The van der Waals surface area contributed by atoms with Gasteiger partial charge in [0.05, 0.1) is 4.92 Å². The van der Waals surface area contributed by atoms with Gasteiger partial charge in [-0.2, -0.15) is 0 Å². The lowest BCUT2D eigenvalue weighted by Crippen LogP contribution is -2.10. The minimum absolute atomic E-state index is 0.138. The first-order chi connectivity index (χ1) is 11.5. The van der Waals surface area contributed by atoms with E-state index in [1.807, 2.05) is 24.3 Å². The highest BCUT2D eigenvalue weighted by atomic mass is 16.6. The summed E-state index contributed by atoms with van der Waals surface area (Å²) in [5.74, 6) is 0.933. The fraction of sp³-hybridized carbons (Fsp3) is 0.412. The summed E-state index contributed by atoms with van der Waals surface area (Å²) in [6, 6.07) is 7.74. The normalized spacial score (nSPS) is 10.7. The second-order valence-electron chi connectivity index (χ2n) is 5.96. The minimum atomic E-state index is -0.458. The number of aryl methyl sites for hydroxylation is 1. The Hall–Kier alpha value is -2.70. The quantitative estimate of drug-likeness (QED) is 0.558. The van der Waals surface area contributed by atoms with E-state index in [0.717, 1.165) is 18.5 Å². The van der Waals surface area contributed by atoms with E-state index < -0.39 is 4.92 Å². The molecule has 0 aliphatic heterocycles. The Morgan fingerprint density at radius 3 is 2.42 bits per heavy atom. The van der Waals surface area contributed by atoms with Gasteiger partial charge in [0.15, 0.2) is 0 Å². The molecule has 1 heterocycles. The Balaban J connectivity index is 2.23. The van der Waals surface area contributed by atoms with Gasteiger partial charge in [0, 0.05) is 12.2 Å². The van der Waals surface area contributed by atoms with E-state index in [1.165, 1.54) is 11.9 Å². The Kier molecular flexibility index (Phi) is 6.06. The van der Waals surface area contributed by atoms with Crippen molar-refractivity contribution in [3.63, 3.8) is 0 Å². The third-order valence-electron chi connectivity index (χ3n) is 3.64. The Bertz CT molecular complexity index is 686. The smallest absolute Gasteiger partial charge is 0.353 e. The zero-order chi connectivity index (χ0) is 17.5. The number of nitro groups is 1. The van der Waals surface area contributed by atoms with Crippen LogP contribution in [-0.2, 0) is 6.42 Å². The first kappa shape index (κ1) is 17.7. The Labute approximate surface area is 141 Å². The van der Waals surface area contributed by atoms with Crippen LogP contribution in [0.2, 0.25) is 0 Å². The molecule has 0 fully saturated rings. The zero-order valence-electron chi connectivity index (χ0n) is 14.2. The SMILES string of the molecule is CCc1ccc(Nc2ncnc(NCCC(C)C)c2[N+](=O)[O-])cc1. The molecule has 0 amide bonds. The van der Waals surface area contributed by atoms with Crippen molar-refractivity contribution in [2.75, 3.05) is 17.2 Å². The molecule has 7 nitrogen and oxygen atoms in total. The van der Waals surface area contributed by atoms with Crippen LogP contribution < -0.4 is 10.6 Å². The van der Waals surface area contributed by atoms with Crippen LogP contribution in [0.25, 0.3) is 0 Å². The molecule has 0 radical (unpaired) electrons. The van der Waals surface area contributed by atoms with E-state index in [1.54, 1.807) is 0 Å². The summed E-state index contributed by atoms with van der Waals surface area (Å²) < 4.78 is 0. The summed E-state index contributed by atoms with van der Waals surface area (Å²) in [5.41, 5.74) is 1.82. The van der Waals surface area contributed by atoms with Gasteiger partial charge in [0.1, 0.15) is 6.33 Å². The lowest BCUT2D eigenvalue weighted by Gasteiger charge is -2.11. The van der Waals surface area contributed by atoms with E-state index in [2.05, 4.69) is 41.4 Å². The molecule has 128 valence electrons. The summed E-state index contributed by atoms with van der Waals surface area (Å²) in [6.45, 7) is 6.90. The highest BCUT2D eigenvalue weighted by molar-refractivity contribution is 5.73. The van der Waals surface area contributed by atoms with Gasteiger partial charge in [-0.15, -0.1) is 0 Å². The summed E-state index contributed by atoms with van der Waals surface area (Å²) in [6.07, 6.45) is 3.17.